The van der Waals surface area contributed by atoms with E-state index in [9.17, 15) is 4.79 Å². The molecule has 4 nitrogen and oxygen atoms in total. The van der Waals surface area contributed by atoms with Crippen molar-refractivity contribution in [2.75, 3.05) is 38.6 Å². The normalized spacial score (nSPS) is 16.0. The molecule has 0 spiro atoms. The van der Waals surface area contributed by atoms with E-state index in [1.807, 2.05) is 42.5 Å². The number of carbonyl (C=O) groups is 1. The van der Waals surface area contributed by atoms with Crippen molar-refractivity contribution in [2.45, 2.75) is 17.4 Å². The van der Waals surface area contributed by atoms with Crippen LogP contribution in [0.4, 0.5) is 0 Å². The number of benzene rings is 2. The molecule has 1 aliphatic rings. The number of ether oxygens (including phenoxy) is 1. The number of morpholine rings is 1. The van der Waals surface area contributed by atoms with E-state index < -0.39 is 0 Å². The molecule has 1 fully saturated rings. The molecule has 3 rings (SSSR count). The van der Waals surface area contributed by atoms with Gasteiger partial charge >= 0.3 is 0 Å². The van der Waals surface area contributed by atoms with Crippen LogP contribution in [0.15, 0.2) is 59.5 Å². The number of halogens is 1. The van der Waals surface area contributed by atoms with Crippen molar-refractivity contribution in [1.29, 1.82) is 0 Å². The monoisotopic (exact) mass is 405 g/mol. The van der Waals surface area contributed by atoms with Crippen molar-refractivity contribution in [3.63, 3.8) is 0 Å². The smallest absolute Gasteiger partial charge is 0.221 e. The van der Waals surface area contributed by atoms with Crippen LogP contribution in [0, 0.1) is 0 Å². The Kier molecular flexibility index (Phi) is 8.02. The highest BCUT2D eigenvalue weighted by Crippen LogP contribution is 2.21. The largest absolute Gasteiger partial charge is 0.370 e. The maximum absolute atomic E-state index is 12.5. The van der Waals surface area contributed by atoms with Gasteiger partial charge in [-0.3, -0.25) is 4.79 Å². The summed E-state index contributed by atoms with van der Waals surface area (Å²) >= 11 is 7.58. The third-order valence-electron chi connectivity index (χ3n) is 4.64. The molecule has 1 aliphatic heterocycles. The number of amides is 1. The standard InChI is InChI=1S/C21H25ClN2O2S/c22-18-6-8-19(9-7-18)27-15-10-21(25)23-20(17-4-2-1-3-5-17)16-24-11-13-26-14-12-24/h1-9,20H,10-16H2,(H,23,25)/p+1/t20-/m0/s1. The zero-order chi connectivity index (χ0) is 18.9. The first-order chi connectivity index (χ1) is 13.2. The first kappa shape index (κ1) is 20.2. The summed E-state index contributed by atoms with van der Waals surface area (Å²) in [5.41, 5.74) is 1.16. The van der Waals surface area contributed by atoms with E-state index in [-0.39, 0.29) is 11.9 Å². The van der Waals surface area contributed by atoms with E-state index in [1.54, 1.807) is 11.8 Å². The Hall–Kier alpha value is -1.53. The van der Waals surface area contributed by atoms with Crippen molar-refractivity contribution in [1.82, 2.24) is 5.32 Å². The summed E-state index contributed by atoms with van der Waals surface area (Å²) in [6.07, 6.45) is 0.495. The van der Waals surface area contributed by atoms with Crippen molar-refractivity contribution in [2.24, 2.45) is 0 Å². The van der Waals surface area contributed by atoms with Gasteiger partial charge < -0.3 is 15.0 Å². The van der Waals surface area contributed by atoms with Gasteiger partial charge in [-0.05, 0) is 29.8 Å². The molecule has 27 heavy (non-hydrogen) atoms. The Morgan fingerprint density at radius 2 is 1.81 bits per heavy atom. The average molecular weight is 406 g/mol. The summed E-state index contributed by atoms with van der Waals surface area (Å²) in [5.74, 6) is 0.845. The van der Waals surface area contributed by atoms with Crippen molar-refractivity contribution in [3.8, 4) is 0 Å². The van der Waals surface area contributed by atoms with E-state index in [1.165, 1.54) is 4.90 Å². The number of quaternary nitrogens is 1. The van der Waals surface area contributed by atoms with Crippen LogP contribution in [-0.4, -0.2) is 44.5 Å². The molecule has 0 saturated carbocycles. The molecule has 0 aromatic heterocycles. The van der Waals surface area contributed by atoms with Crippen LogP contribution in [0.2, 0.25) is 5.02 Å². The van der Waals surface area contributed by atoms with Gasteiger partial charge in [-0.1, -0.05) is 41.9 Å². The molecule has 0 bridgehead atoms. The van der Waals surface area contributed by atoms with Gasteiger partial charge in [-0.15, -0.1) is 11.8 Å². The lowest BCUT2D eigenvalue weighted by Gasteiger charge is -2.28. The number of carbonyl (C=O) groups excluding carboxylic acids is 1. The van der Waals surface area contributed by atoms with Crippen molar-refractivity contribution in [3.05, 3.63) is 65.2 Å². The van der Waals surface area contributed by atoms with E-state index >= 15 is 0 Å². The maximum Gasteiger partial charge on any atom is 0.221 e. The highest BCUT2D eigenvalue weighted by molar-refractivity contribution is 7.99. The second kappa shape index (κ2) is 10.7. The number of thioether (sulfide) groups is 1. The molecule has 0 radical (unpaired) electrons. The van der Waals surface area contributed by atoms with Crippen LogP contribution in [0.5, 0.6) is 0 Å². The van der Waals surface area contributed by atoms with Crippen LogP contribution < -0.4 is 10.2 Å². The van der Waals surface area contributed by atoms with Crippen LogP contribution in [0.1, 0.15) is 18.0 Å². The first-order valence-electron chi connectivity index (χ1n) is 9.35. The lowest BCUT2D eigenvalue weighted by Crippen LogP contribution is -3.14. The Labute approximate surface area is 170 Å². The Morgan fingerprint density at radius 3 is 2.52 bits per heavy atom. The Bertz CT molecular complexity index is 706. The topological polar surface area (TPSA) is 42.8 Å². The quantitative estimate of drug-likeness (QED) is 0.663. The molecule has 1 amide bonds. The molecule has 144 valence electrons. The molecule has 6 heteroatoms. The minimum Gasteiger partial charge on any atom is -0.370 e. The van der Waals surface area contributed by atoms with Crippen LogP contribution in [0.25, 0.3) is 0 Å². The van der Waals surface area contributed by atoms with Crippen LogP contribution in [-0.2, 0) is 9.53 Å². The van der Waals surface area contributed by atoms with Gasteiger partial charge in [-0.2, -0.15) is 0 Å². The molecule has 0 aliphatic carbocycles. The molecule has 1 heterocycles. The molecule has 1 atom stereocenters. The number of rotatable bonds is 8. The number of hydrogen-bond donors (Lipinski definition) is 2. The van der Waals surface area contributed by atoms with Crippen molar-refractivity contribution < 1.29 is 14.4 Å². The van der Waals surface area contributed by atoms with Gasteiger partial charge in [0.1, 0.15) is 25.7 Å². The molecule has 0 unspecified atom stereocenters. The van der Waals surface area contributed by atoms with Gasteiger partial charge in [0.05, 0.1) is 13.2 Å². The van der Waals surface area contributed by atoms with Gasteiger partial charge in [0.15, 0.2) is 0 Å². The predicted molar refractivity (Wildman–Crippen MR) is 111 cm³/mol. The zero-order valence-corrected chi connectivity index (χ0v) is 16.9. The molecular weight excluding hydrogens is 380 g/mol. The minimum atomic E-state index is 0.0346. The Morgan fingerprint density at radius 1 is 1.11 bits per heavy atom. The highest BCUT2D eigenvalue weighted by atomic mass is 35.5. The van der Waals surface area contributed by atoms with Gasteiger partial charge in [0, 0.05) is 22.1 Å². The minimum absolute atomic E-state index is 0.0346. The highest BCUT2D eigenvalue weighted by Gasteiger charge is 2.22. The van der Waals surface area contributed by atoms with Crippen LogP contribution in [0.3, 0.4) is 0 Å². The molecular formula is C21H26ClN2O2S+. The molecule has 2 N–H and O–H groups in total. The first-order valence-corrected chi connectivity index (χ1v) is 10.7. The third kappa shape index (κ3) is 6.85. The summed E-state index contributed by atoms with van der Waals surface area (Å²) in [7, 11) is 0. The van der Waals surface area contributed by atoms with E-state index in [0.717, 1.165) is 54.1 Å². The van der Waals surface area contributed by atoms with Gasteiger partial charge in [-0.25, -0.2) is 0 Å². The summed E-state index contributed by atoms with van der Waals surface area (Å²) in [4.78, 5) is 15.1. The second-order valence-corrected chi connectivity index (χ2v) is 8.25. The summed E-state index contributed by atoms with van der Waals surface area (Å²) in [6.45, 7) is 4.46. The SMILES string of the molecule is O=C(CCSc1ccc(Cl)cc1)N[C@@H](C[NH+]1CCOCC1)c1ccccc1. The summed E-state index contributed by atoms with van der Waals surface area (Å²) < 4.78 is 5.45. The molecule has 2 aromatic carbocycles. The third-order valence-corrected chi connectivity index (χ3v) is 5.91. The maximum atomic E-state index is 12.5. The van der Waals surface area contributed by atoms with E-state index in [4.69, 9.17) is 16.3 Å². The van der Waals surface area contributed by atoms with Gasteiger partial charge in [0.2, 0.25) is 5.91 Å². The number of hydrogen-bond acceptors (Lipinski definition) is 3. The fourth-order valence-corrected chi connectivity index (χ4v) is 4.13. The number of nitrogens with one attached hydrogen (secondary N) is 2. The lowest BCUT2D eigenvalue weighted by atomic mass is 10.1. The Balaban J connectivity index is 1.52. The van der Waals surface area contributed by atoms with Crippen LogP contribution >= 0.6 is 23.4 Å². The fourth-order valence-electron chi connectivity index (χ4n) is 3.15. The predicted octanol–water partition coefficient (Wildman–Crippen LogP) is 2.59. The molecule has 2 aromatic rings. The fraction of sp³-hybridized carbons (Fsp3) is 0.381. The van der Waals surface area contributed by atoms with Crippen molar-refractivity contribution >= 4 is 29.3 Å². The average Bonchev–Trinajstić information content (AvgIpc) is 2.70. The van der Waals surface area contributed by atoms with E-state index in [0.29, 0.717) is 6.42 Å². The summed E-state index contributed by atoms with van der Waals surface area (Å²) in [5, 5.41) is 3.97. The van der Waals surface area contributed by atoms with Gasteiger partial charge in [0.25, 0.3) is 0 Å². The van der Waals surface area contributed by atoms with E-state index in [2.05, 4.69) is 17.4 Å². The zero-order valence-electron chi connectivity index (χ0n) is 15.3. The lowest BCUT2D eigenvalue weighted by molar-refractivity contribution is -0.909. The molecule has 1 saturated heterocycles. The summed E-state index contributed by atoms with van der Waals surface area (Å²) in [6, 6.07) is 18.0. The second-order valence-electron chi connectivity index (χ2n) is 6.65.